The molecule has 194 valence electrons. The number of carbonyl (C=O) groups is 2. The van der Waals surface area contributed by atoms with Gasteiger partial charge in [0.05, 0.1) is 16.5 Å². The van der Waals surface area contributed by atoms with Gasteiger partial charge in [-0.1, -0.05) is 6.07 Å². The summed E-state index contributed by atoms with van der Waals surface area (Å²) in [7, 11) is 0. The molecule has 3 N–H and O–H groups in total. The van der Waals surface area contributed by atoms with Gasteiger partial charge in [0.15, 0.2) is 5.82 Å². The highest BCUT2D eigenvalue weighted by molar-refractivity contribution is 6.04. The van der Waals surface area contributed by atoms with Crippen molar-refractivity contribution in [1.29, 1.82) is 0 Å². The van der Waals surface area contributed by atoms with E-state index in [1.165, 1.54) is 18.2 Å². The van der Waals surface area contributed by atoms with Crippen molar-refractivity contribution in [2.45, 2.75) is 43.3 Å². The quantitative estimate of drug-likeness (QED) is 0.429. The maximum atomic E-state index is 14.6. The molecule has 0 radical (unpaired) electrons. The number of ether oxygens (including phenoxy) is 1. The molecule has 1 aliphatic carbocycles. The number of alkyl halides is 3. The second-order valence-corrected chi connectivity index (χ2v) is 9.10. The summed E-state index contributed by atoms with van der Waals surface area (Å²) in [6.07, 6.45) is -2.76. The van der Waals surface area contributed by atoms with E-state index in [2.05, 4.69) is 31.3 Å². The Morgan fingerprint density at radius 2 is 1.84 bits per heavy atom. The van der Waals surface area contributed by atoms with E-state index < -0.39 is 28.9 Å². The SMILES string of the molecule is O=C(NC1CCOCC1)c1ccc(NC(=O)C2(c3ccc(C(F)(F)F)cc3F)CC2)cc1-c1nnn[nH]1. The number of aromatic nitrogens is 4. The van der Waals surface area contributed by atoms with Crippen LogP contribution in [0.2, 0.25) is 0 Å². The number of amides is 2. The van der Waals surface area contributed by atoms with E-state index in [-0.39, 0.29) is 47.4 Å². The van der Waals surface area contributed by atoms with Crippen LogP contribution in [0.15, 0.2) is 36.4 Å². The summed E-state index contributed by atoms with van der Waals surface area (Å²) >= 11 is 0. The van der Waals surface area contributed by atoms with Gasteiger partial charge < -0.3 is 15.4 Å². The van der Waals surface area contributed by atoms with E-state index in [0.29, 0.717) is 37.7 Å². The number of anilines is 1. The maximum absolute atomic E-state index is 14.6. The van der Waals surface area contributed by atoms with Crippen LogP contribution < -0.4 is 10.6 Å². The number of hydrogen-bond acceptors (Lipinski definition) is 6. The van der Waals surface area contributed by atoms with Gasteiger partial charge in [0.25, 0.3) is 5.91 Å². The second kappa shape index (κ2) is 9.54. The summed E-state index contributed by atoms with van der Waals surface area (Å²) in [5.41, 5.74) is -1.59. The first-order chi connectivity index (χ1) is 17.7. The van der Waals surface area contributed by atoms with Crippen molar-refractivity contribution in [2.24, 2.45) is 0 Å². The van der Waals surface area contributed by atoms with Gasteiger partial charge in [0.2, 0.25) is 5.91 Å². The summed E-state index contributed by atoms with van der Waals surface area (Å²) in [5, 5.41) is 19.2. The minimum absolute atomic E-state index is 0.0466. The van der Waals surface area contributed by atoms with Gasteiger partial charge >= 0.3 is 6.18 Å². The molecule has 1 saturated heterocycles. The zero-order chi connectivity index (χ0) is 26.2. The normalized spacial score (nSPS) is 17.3. The van der Waals surface area contributed by atoms with Crippen LogP contribution in [0.25, 0.3) is 11.4 Å². The lowest BCUT2D eigenvalue weighted by Gasteiger charge is -2.23. The first-order valence-electron chi connectivity index (χ1n) is 11.6. The van der Waals surface area contributed by atoms with Crippen LogP contribution in [0.5, 0.6) is 0 Å². The van der Waals surface area contributed by atoms with Crippen LogP contribution in [-0.4, -0.2) is 51.7 Å². The van der Waals surface area contributed by atoms with Gasteiger partial charge in [0, 0.05) is 36.1 Å². The predicted molar refractivity (Wildman–Crippen MR) is 122 cm³/mol. The molecule has 2 amide bonds. The number of carbonyl (C=O) groups excluding carboxylic acids is 2. The number of aromatic amines is 1. The van der Waals surface area contributed by atoms with Gasteiger partial charge in [-0.05, 0) is 66.4 Å². The predicted octanol–water partition coefficient (Wildman–Crippen LogP) is 3.60. The maximum Gasteiger partial charge on any atom is 0.416 e. The molecule has 0 unspecified atom stereocenters. The first kappa shape index (κ1) is 24.8. The molecule has 3 aromatic rings. The van der Waals surface area contributed by atoms with Crippen LogP contribution in [0.1, 0.15) is 47.2 Å². The first-order valence-corrected chi connectivity index (χ1v) is 11.6. The third kappa shape index (κ3) is 5.03. The molecular formula is C24H22F4N6O3. The summed E-state index contributed by atoms with van der Waals surface area (Å²) in [4.78, 5) is 26.2. The van der Waals surface area contributed by atoms with Gasteiger partial charge in [-0.2, -0.15) is 13.2 Å². The molecule has 9 nitrogen and oxygen atoms in total. The smallest absolute Gasteiger partial charge is 0.381 e. The minimum atomic E-state index is -4.69. The van der Waals surface area contributed by atoms with E-state index in [4.69, 9.17) is 4.74 Å². The summed E-state index contributed by atoms with van der Waals surface area (Å²) < 4.78 is 58.8. The highest BCUT2D eigenvalue weighted by atomic mass is 19.4. The molecule has 0 spiro atoms. The molecule has 2 heterocycles. The number of nitrogens with one attached hydrogen (secondary N) is 3. The summed E-state index contributed by atoms with van der Waals surface area (Å²) in [6.45, 7) is 1.10. The Balaban J connectivity index is 1.39. The molecule has 2 aliphatic rings. The highest BCUT2D eigenvalue weighted by Crippen LogP contribution is 2.50. The van der Waals surface area contributed by atoms with Crippen molar-refractivity contribution in [3.8, 4) is 11.4 Å². The van der Waals surface area contributed by atoms with E-state index in [1.807, 2.05) is 0 Å². The third-order valence-corrected chi connectivity index (χ3v) is 6.68. The fourth-order valence-electron chi connectivity index (χ4n) is 4.47. The lowest BCUT2D eigenvalue weighted by atomic mass is 9.93. The Labute approximate surface area is 208 Å². The summed E-state index contributed by atoms with van der Waals surface area (Å²) in [5.74, 6) is -1.80. The van der Waals surface area contributed by atoms with Crippen molar-refractivity contribution in [3.05, 3.63) is 58.9 Å². The van der Waals surface area contributed by atoms with E-state index >= 15 is 0 Å². The Hall–Kier alpha value is -3.87. The number of halogens is 4. The Morgan fingerprint density at radius 3 is 2.46 bits per heavy atom. The molecule has 2 fully saturated rings. The Bertz CT molecular complexity index is 1320. The number of nitrogens with zero attached hydrogens (tertiary/aromatic N) is 3. The molecule has 1 saturated carbocycles. The van der Waals surface area contributed by atoms with Crippen LogP contribution in [0.3, 0.4) is 0 Å². The van der Waals surface area contributed by atoms with Crippen molar-refractivity contribution < 1.29 is 31.9 Å². The van der Waals surface area contributed by atoms with E-state index in [1.54, 1.807) is 0 Å². The van der Waals surface area contributed by atoms with Crippen molar-refractivity contribution in [3.63, 3.8) is 0 Å². The highest BCUT2D eigenvalue weighted by Gasteiger charge is 2.53. The number of H-pyrrole nitrogens is 1. The van der Waals surface area contributed by atoms with E-state index in [0.717, 1.165) is 12.1 Å². The fraction of sp³-hybridized carbons (Fsp3) is 0.375. The standard InChI is InChI=1S/C24H22F4N6O3/c25-19-11-13(24(26,27)28)1-4-18(19)23(7-8-23)22(36)30-15-2-3-16(17(12-15)20-31-33-34-32-20)21(35)29-14-5-9-37-10-6-14/h1-4,11-12,14H,5-10H2,(H,29,35)(H,30,36)(H,31,32,33,34). The van der Waals surface area contributed by atoms with Crippen LogP contribution in [-0.2, 0) is 21.1 Å². The largest absolute Gasteiger partial charge is 0.416 e. The number of tetrazole rings is 1. The monoisotopic (exact) mass is 518 g/mol. The zero-order valence-corrected chi connectivity index (χ0v) is 19.4. The molecule has 0 atom stereocenters. The minimum Gasteiger partial charge on any atom is -0.381 e. The van der Waals surface area contributed by atoms with Crippen molar-refractivity contribution in [2.75, 3.05) is 18.5 Å². The lowest BCUT2D eigenvalue weighted by Crippen LogP contribution is -2.39. The lowest BCUT2D eigenvalue weighted by molar-refractivity contribution is -0.137. The number of hydrogen-bond donors (Lipinski definition) is 3. The molecule has 2 aromatic carbocycles. The van der Waals surface area contributed by atoms with Gasteiger partial charge in [0.1, 0.15) is 5.82 Å². The number of rotatable bonds is 6. The molecule has 13 heteroatoms. The average molecular weight is 518 g/mol. The average Bonchev–Trinajstić information content (AvgIpc) is 3.49. The molecule has 1 aromatic heterocycles. The third-order valence-electron chi connectivity index (χ3n) is 6.68. The Kier molecular flexibility index (Phi) is 6.40. The van der Waals surface area contributed by atoms with Gasteiger partial charge in [-0.25, -0.2) is 9.49 Å². The number of benzene rings is 2. The molecule has 1 aliphatic heterocycles. The van der Waals surface area contributed by atoms with Crippen LogP contribution in [0, 0.1) is 5.82 Å². The van der Waals surface area contributed by atoms with Crippen LogP contribution >= 0.6 is 0 Å². The van der Waals surface area contributed by atoms with Crippen molar-refractivity contribution in [1.82, 2.24) is 25.9 Å². The topological polar surface area (TPSA) is 122 Å². The van der Waals surface area contributed by atoms with Crippen LogP contribution in [0.4, 0.5) is 23.2 Å². The molecule has 5 rings (SSSR count). The zero-order valence-electron chi connectivity index (χ0n) is 19.4. The van der Waals surface area contributed by atoms with Gasteiger partial charge in [-0.15, -0.1) is 5.10 Å². The van der Waals surface area contributed by atoms with Crippen molar-refractivity contribution >= 4 is 17.5 Å². The molecule has 0 bridgehead atoms. The molecule has 37 heavy (non-hydrogen) atoms. The van der Waals surface area contributed by atoms with E-state index in [9.17, 15) is 27.2 Å². The fourth-order valence-corrected chi connectivity index (χ4v) is 4.47. The summed E-state index contributed by atoms with van der Waals surface area (Å²) in [6, 6.07) is 6.69. The Morgan fingerprint density at radius 1 is 1.08 bits per heavy atom. The molecular weight excluding hydrogens is 496 g/mol. The second-order valence-electron chi connectivity index (χ2n) is 9.10. The van der Waals surface area contributed by atoms with Gasteiger partial charge in [-0.3, -0.25) is 9.59 Å².